The number of aromatic nitrogens is 2. The number of halogens is 2. The van der Waals surface area contributed by atoms with E-state index in [-0.39, 0.29) is 0 Å². The number of hydrogen-bond donors (Lipinski definition) is 1. The zero-order valence-electron chi connectivity index (χ0n) is 14.0. The van der Waals surface area contributed by atoms with Crippen LogP contribution >= 0.6 is 34.2 Å². The van der Waals surface area contributed by atoms with Gasteiger partial charge in [0.25, 0.3) is 0 Å². The summed E-state index contributed by atoms with van der Waals surface area (Å²) in [4.78, 5) is 0. The number of nitrogens with zero attached hydrogens (tertiary/aromatic N) is 2. The first-order chi connectivity index (χ1) is 12.1. The van der Waals surface area contributed by atoms with E-state index >= 15 is 0 Å². The molecule has 128 valence electrons. The van der Waals surface area contributed by atoms with Gasteiger partial charge in [0.1, 0.15) is 5.82 Å². The van der Waals surface area contributed by atoms with E-state index < -0.39 is 0 Å². The molecule has 2 heterocycles. The molecule has 0 amide bonds. The standard InChI is InChI=1S/C20H19ClIN3/c1-13-5-10-16(12-18(13)21)25-20-17(4-2-3-11-23-20)19(24-25)14-6-8-15(22)9-7-14/h5-10,12,23H,2-4,11H2,1H3. The molecule has 0 fully saturated rings. The molecule has 0 saturated carbocycles. The maximum atomic E-state index is 6.36. The third kappa shape index (κ3) is 3.29. The lowest BCUT2D eigenvalue weighted by atomic mass is 10.0. The highest BCUT2D eigenvalue weighted by Crippen LogP contribution is 2.34. The van der Waals surface area contributed by atoms with Gasteiger partial charge >= 0.3 is 0 Å². The second-order valence-corrected chi connectivity index (χ2v) is 8.06. The van der Waals surface area contributed by atoms with E-state index in [1.54, 1.807) is 0 Å². The highest BCUT2D eigenvalue weighted by molar-refractivity contribution is 14.1. The van der Waals surface area contributed by atoms with Crippen LogP contribution in [0.5, 0.6) is 0 Å². The zero-order valence-corrected chi connectivity index (χ0v) is 16.9. The van der Waals surface area contributed by atoms with Gasteiger partial charge < -0.3 is 5.32 Å². The second-order valence-electron chi connectivity index (χ2n) is 6.41. The van der Waals surface area contributed by atoms with Crippen LogP contribution < -0.4 is 5.32 Å². The monoisotopic (exact) mass is 463 g/mol. The summed E-state index contributed by atoms with van der Waals surface area (Å²) in [5.74, 6) is 1.10. The largest absolute Gasteiger partial charge is 0.370 e. The lowest BCUT2D eigenvalue weighted by molar-refractivity contribution is 0.780. The van der Waals surface area contributed by atoms with E-state index in [0.29, 0.717) is 0 Å². The van der Waals surface area contributed by atoms with Gasteiger partial charge in [-0.2, -0.15) is 5.10 Å². The lowest BCUT2D eigenvalue weighted by Gasteiger charge is -2.10. The summed E-state index contributed by atoms with van der Waals surface area (Å²) >= 11 is 8.69. The van der Waals surface area contributed by atoms with Crippen LogP contribution in [-0.2, 0) is 6.42 Å². The predicted octanol–water partition coefficient (Wildman–Crippen LogP) is 5.85. The molecule has 2 aromatic carbocycles. The van der Waals surface area contributed by atoms with Gasteiger partial charge in [0.05, 0.1) is 11.4 Å². The molecule has 0 saturated heterocycles. The third-order valence-corrected chi connectivity index (χ3v) is 5.77. The Morgan fingerprint density at radius 3 is 2.68 bits per heavy atom. The molecule has 0 atom stereocenters. The number of benzene rings is 2. The van der Waals surface area contributed by atoms with Crippen molar-refractivity contribution in [2.24, 2.45) is 0 Å². The van der Waals surface area contributed by atoms with Gasteiger partial charge in [-0.3, -0.25) is 0 Å². The fourth-order valence-electron chi connectivity index (χ4n) is 3.24. The van der Waals surface area contributed by atoms with Crippen LogP contribution in [0.1, 0.15) is 24.0 Å². The smallest absolute Gasteiger partial charge is 0.133 e. The molecule has 0 radical (unpaired) electrons. The fourth-order valence-corrected chi connectivity index (χ4v) is 3.78. The summed E-state index contributed by atoms with van der Waals surface area (Å²) < 4.78 is 3.24. The van der Waals surface area contributed by atoms with Crippen LogP contribution in [0.2, 0.25) is 5.02 Å². The molecule has 4 rings (SSSR count). The van der Waals surface area contributed by atoms with E-state index in [1.807, 2.05) is 23.7 Å². The maximum Gasteiger partial charge on any atom is 0.133 e. The van der Waals surface area contributed by atoms with E-state index in [2.05, 4.69) is 58.2 Å². The van der Waals surface area contributed by atoms with E-state index in [0.717, 1.165) is 46.3 Å². The van der Waals surface area contributed by atoms with Gasteiger partial charge in [-0.05, 0) is 78.6 Å². The number of fused-ring (bicyclic) bond motifs is 1. The van der Waals surface area contributed by atoms with Crippen LogP contribution in [0.15, 0.2) is 42.5 Å². The Hall–Kier alpha value is -1.53. The van der Waals surface area contributed by atoms with Gasteiger partial charge in [0.2, 0.25) is 0 Å². The Labute approximate surface area is 166 Å². The van der Waals surface area contributed by atoms with Gasteiger partial charge in [-0.1, -0.05) is 29.8 Å². The molecule has 0 bridgehead atoms. The van der Waals surface area contributed by atoms with Crippen molar-refractivity contribution in [3.8, 4) is 16.9 Å². The first-order valence-corrected chi connectivity index (χ1v) is 9.97. The average Bonchev–Trinajstić information content (AvgIpc) is 2.80. The highest BCUT2D eigenvalue weighted by Gasteiger charge is 2.21. The van der Waals surface area contributed by atoms with Crippen molar-refractivity contribution in [1.82, 2.24) is 9.78 Å². The summed E-state index contributed by atoms with van der Waals surface area (Å²) in [7, 11) is 0. The summed E-state index contributed by atoms with van der Waals surface area (Å²) in [5, 5.41) is 9.32. The topological polar surface area (TPSA) is 29.9 Å². The minimum Gasteiger partial charge on any atom is -0.370 e. The minimum absolute atomic E-state index is 0.770. The van der Waals surface area contributed by atoms with Crippen molar-refractivity contribution < 1.29 is 0 Å². The molecule has 0 spiro atoms. The quantitative estimate of drug-likeness (QED) is 0.483. The number of anilines is 1. The molecule has 1 N–H and O–H groups in total. The van der Waals surface area contributed by atoms with Crippen molar-refractivity contribution in [1.29, 1.82) is 0 Å². The summed E-state index contributed by atoms with van der Waals surface area (Å²) in [6.07, 6.45) is 3.40. The van der Waals surface area contributed by atoms with Crippen molar-refractivity contribution in [2.75, 3.05) is 11.9 Å². The molecule has 3 nitrogen and oxygen atoms in total. The van der Waals surface area contributed by atoms with Crippen molar-refractivity contribution in [3.05, 3.63) is 62.2 Å². The van der Waals surface area contributed by atoms with Gasteiger partial charge in [-0.15, -0.1) is 0 Å². The van der Waals surface area contributed by atoms with E-state index in [9.17, 15) is 0 Å². The molecule has 25 heavy (non-hydrogen) atoms. The van der Waals surface area contributed by atoms with Gasteiger partial charge in [-0.25, -0.2) is 4.68 Å². The second kappa shape index (κ2) is 7.00. The Morgan fingerprint density at radius 2 is 1.92 bits per heavy atom. The van der Waals surface area contributed by atoms with E-state index in [4.69, 9.17) is 16.7 Å². The Balaban J connectivity index is 1.89. The van der Waals surface area contributed by atoms with Crippen LogP contribution in [0.25, 0.3) is 16.9 Å². The zero-order chi connectivity index (χ0) is 17.4. The fraction of sp³-hybridized carbons (Fsp3) is 0.250. The molecular formula is C20H19ClIN3. The van der Waals surface area contributed by atoms with Crippen LogP contribution in [0.4, 0.5) is 5.82 Å². The number of rotatable bonds is 2. The highest BCUT2D eigenvalue weighted by atomic mass is 127. The van der Waals surface area contributed by atoms with Crippen molar-refractivity contribution in [3.63, 3.8) is 0 Å². The third-order valence-electron chi connectivity index (χ3n) is 4.65. The molecular weight excluding hydrogens is 445 g/mol. The molecule has 3 aromatic rings. The molecule has 5 heteroatoms. The number of nitrogens with one attached hydrogen (secondary N) is 1. The molecule has 0 unspecified atom stereocenters. The Morgan fingerprint density at radius 1 is 1.12 bits per heavy atom. The van der Waals surface area contributed by atoms with Crippen molar-refractivity contribution in [2.45, 2.75) is 26.2 Å². The predicted molar refractivity (Wildman–Crippen MR) is 113 cm³/mol. The Bertz CT molecular complexity index is 915. The normalized spacial score (nSPS) is 13.9. The molecule has 1 aromatic heterocycles. The Kier molecular flexibility index (Phi) is 4.73. The van der Waals surface area contributed by atoms with E-state index in [1.165, 1.54) is 22.0 Å². The first-order valence-electron chi connectivity index (χ1n) is 8.52. The molecule has 1 aliphatic rings. The van der Waals surface area contributed by atoms with Crippen molar-refractivity contribution >= 4 is 40.0 Å². The SMILES string of the molecule is Cc1ccc(-n2nc(-c3ccc(I)cc3)c3c2NCCCC3)cc1Cl. The molecule has 1 aliphatic heterocycles. The van der Waals surface area contributed by atoms with Crippen LogP contribution in [-0.4, -0.2) is 16.3 Å². The van der Waals surface area contributed by atoms with Crippen LogP contribution in [0, 0.1) is 10.5 Å². The maximum absolute atomic E-state index is 6.36. The first kappa shape index (κ1) is 16.9. The van der Waals surface area contributed by atoms with Crippen LogP contribution in [0.3, 0.4) is 0 Å². The average molecular weight is 464 g/mol. The molecule has 0 aliphatic carbocycles. The summed E-state index contributed by atoms with van der Waals surface area (Å²) in [6, 6.07) is 14.7. The number of hydrogen-bond acceptors (Lipinski definition) is 2. The lowest BCUT2D eigenvalue weighted by Crippen LogP contribution is -2.07. The van der Waals surface area contributed by atoms with Gasteiger partial charge in [0, 0.05) is 26.3 Å². The summed E-state index contributed by atoms with van der Waals surface area (Å²) in [5.41, 5.74) is 5.61. The minimum atomic E-state index is 0.770. The summed E-state index contributed by atoms with van der Waals surface area (Å²) in [6.45, 7) is 3.00. The van der Waals surface area contributed by atoms with Gasteiger partial charge in [0.15, 0.2) is 0 Å². The number of aryl methyl sites for hydroxylation is 1.